The molecule has 2 aliphatic rings. The molecule has 0 bridgehead atoms. The summed E-state index contributed by atoms with van der Waals surface area (Å²) in [5, 5.41) is 0. The lowest BCUT2D eigenvalue weighted by molar-refractivity contribution is -0.113. The van der Waals surface area contributed by atoms with Crippen LogP contribution >= 0.6 is 0 Å². The molecule has 0 saturated heterocycles. The number of carbonyl (C=O) groups excluding carboxylic acids is 1. The molecule has 2 fully saturated rings. The van der Waals surface area contributed by atoms with Crippen molar-refractivity contribution in [3.05, 3.63) is 12.2 Å². The second kappa shape index (κ2) is 6.04. The maximum Gasteiger partial charge on any atom is 0.155 e. The van der Waals surface area contributed by atoms with Gasteiger partial charge in [0.05, 0.1) is 0 Å². The largest absolute Gasteiger partial charge is 0.295 e. The van der Waals surface area contributed by atoms with E-state index in [9.17, 15) is 4.79 Å². The quantitative estimate of drug-likeness (QED) is 0.655. The lowest BCUT2D eigenvalue weighted by Crippen LogP contribution is -2.35. The summed E-state index contributed by atoms with van der Waals surface area (Å²) >= 11 is 0. The number of hydrogen-bond acceptors (Lipinski definition) is 1. The van der Waals surface area contributed by atoms with Gasteiger partial charge in [0.15, 0.2) is 5.78 Å². The zero-order valence-electron chi connectivity index (χ0n) is 12.1. The van der Waals surface area contributed by atoms with Gasteiger partial charge in [-0.25, -0.2) is 0 Å². The predicted octanol–water partition coefficient (Wildman–Crippen LogP) is 4.76. The monoisotopic (exact) mass is 248 g/mol. The Labute approximate surface area is 112 Å². The zero-order chi connectivity index (χ0) is 13.1. The van der Waals surface area contributed by atoms with Gasteiger partial charge in [0.25, 0.3) is 0 Å². The first kappa shape index (κ1) is 13.8. The fraction of sp³-hybridized carbons (Fsp3) is 0.824. The number of carbonyl (C=O) groups is 1. The molecule has 0 aromatic heterocycles. The van der Waals surface area contributed by atoms with Crippen LogP contribution in [-0.4, -0.2) is 5.78 Å². The van der Waals surface area contributed by atoms with Crippen LogP contribution in [0.15, 0.2) is 12.2 Å². The van der Waals surface area contributed by atoms with Crippen LogP contribution in [0, 0.1) is 23.7 Å². The highest BCUT2D eigenvalue weighted by molar-refractivity contribution is 5.92. The van der Waals surface area contributed by atoms with E-state index in [1.54, 1.807) is 6.92 Å². The van der Waals surface area contributed by atoms with E-state index >= 15 is 0 Å². The van der Waals surface area contributed by atoms with Crippen molar-refractivity contribution >= 4 is 5.78 Å². The van der Waals surface area contributed by atoms with E-state index in [4.69, 9.17) is 0 Å². The molecule has 2 rings (SSSR count). The van der Waals surface area contributed by atoms with Crippen LogP contribution in [0.3, 0.4) is 0 Å². The van der Waals surface area contributed by atoms with Crippen LogP contribution in [-0.2, 0) is 4.79 Å². The van der Waals surface area contributed by atoms with E-state index < -0.39 is 0 Å². The summed E-state index contributed by atoms with van der Waals surface area (Å²) in [7, 11) is 0. The van der Waals surface area contributed by atoms with Gasteiger partial charge >= 0.3 is 0 Å². The van der Waals surface area contributed by atoms with E-state index in [-0.39, 0.29) is 5.78 Å². The molecule has 0 heterocycles. The Morgan fingerprint density at radius 3 is 2.50 bits per heavy atom. The highest BCUT2D eigenvalue weighted by Gasteiger charge is 2.37. The third-order valence-corrected chi connectivity index (χ3v) is 5.51. The maximum absolute atomic E-state index is 11.3. The molecule has 0 aliphatic heterocycles. The van der Waals surface area contributed by atoms with Crippen LogP contribution in [0.2, 0.25) is 0 Å². The van der Waals surface area contributed by atoms with Gasteiger partial charge in [0, 0.05) is 0 Å². The summed E-state index contributed by atoms with van der Waals surface area (Å²) in [6, 6.07) is 0. The summed E-state index contributed by atoms with van der Waals surface area (Å²) < 4.78 is 0. The Balaban J connectivity index is 1.91. The molecule has 2 saturated carbocycles. The van der Waals surface area contributed by atoms with Crippen molar-refractivity contribution in [3.63, 3.8) is 0 Å². The first-order chi connectivity index (χ1) is 8.59. The average molecular weight is 248 g/mol. The molecule has 102 valence electrons. The Morgan fingerprint density at radius 2 is 1.78 bits per heavy atom. The maximum atomic E-state index is 11.3. The predicted molar refractivity (Wildman–Crippen MR) is 76.4 cm³/mol. The molecule has 18 heavy (non-hydrogen) atoms. The molecule has 0 aromatic rings. The summed E-state index contributed by atoms with van der Waals surface area (Å²) in [5.41, 5.74) is 0.834. The van der Waals surface area contributed by atoms with Crippen LogP contribution < -0.4 is 0 Å². The first-order valence-electron chi connectivity index (χ1n) is 7.78. The number of ketones is 1. The van der Waals surface area contributed by atoms with Crippen LogP contribution in [0.1, 0.15) is 65.2 Å². The molecule has 1 heteroatoms. The second-order valence-electron chi connectivity index (χ2n) is 6.63. The van der Waals surface area contributed by atoms with Crippen molar-refractivity contribution in [2.24, 2.45) is 23.7 Å². The Morgan fingerprint density at radius 1 is 1.11 bits per heavy atom. The third kappa shape index (κ3) is 3.05. The zero-order valence-corrected chi connectivity index (χ0v) is 12.1. The minimum atomic E-state index is 0.180. The van der Waals surface area contributed by atoms with Gasteiger partial charge in [0.1, 0.15) is 0 Å². The van der Waals surface area contributed by atoms with Crippen molar-refractivity contribution < 1.29 is 4.79 Å². The normalized spacial score (nSPS) is 35.9. The minimum Gasteiger partial charge on any atom is -0.295 e. The van der Waals surface area contributed by atoms with Crippen molar-refractivity contribution in [2.45, 2.75) is 65.2 Å². The van der Waals surface area contributed by atoms with E-state index in [0.717, 1.165) is 35.7 Å². The highest BCUT2D eigenvalue weighted by atomic mass is 16.1. The Kier molecular flexibility index (Phi) is 4.64. The van der Waals surface area contributed by atoms with E-state index in [0.29, 0.717) is 0 Å². The number of hydrogen-bond donors (Lipinski definition) is 0. The number of allylic oxidation sites excluding steroid dienone is 1. The van der Waals surface area contributed by atoms with Crippen LogP contribution in [0.5, 0.6) is 0 Å². The molecular formula is C17H28O. The van der Waals surface area contributed by atoms with Crippen LogP contribution in [0.4, 0.5) is 0 Å². The lowest BCUT2D eigenvalue weighted by atomic mass is 9.61. The number of fused-ring (bicyclic) bond motifs is 1. The van der Waals surface area contributed by atoms with E-state index in [1.165, 1.54) is 44.9 Å². The molecule has 0 spiro atoms. The summed E-state index contributed by atoms with van der Waals surface area (Å²) in [5.74, 6) is 3.90. The summed E-state index contributed by atoms with van der Waals surface area (Å²) in [6.07, 6.45) is 10.7. The first-order valence-corrected chi connectivity index (χ1v) is 7.78. The van der Waals surface area contributed by atoms with Gasteiger partial charge < -0.3 is 0 Å². The van der Waals surface area contributed by atoms with Gasteiger partial charge in [-0.2, -0.15) is 0 Å². The number of Topliss-reactive ketones (excluding diaryl/α,β-unsaturated/α-hetero) is 1. The molecule has 0 N–H and O–H groups in total. The standard InChI is InChI=1S/C17H28O/c1-12(14(3)18)10-11-15-7-5-8-16-13(2)6-4-9-17(15)16/h13,15-17H,1,4-11H2,2-3H3. The van der Waals surface area contributed by atoms with Crippen molar-refractivity contribution in [1.82, 2.24) is 0 Å². The molecule has 0 radical (unpaired) electrons. The Bertz CT molecular complexity index is 318. The van der Waals surface area contributed by atoms with Gasteiger partial charge in [-0.15, -0.1) is 0 Å². The van der Waals surface area contributed by atoms with Gasteiger partial charge in [-0.3, -0.25) is 4.79 Å². The fourth-order valence-electron chi connectivity index (χ4n) is 4.33. The number of rotatable bonds is 4. The van der Waals surface area contributed by atoms with Crippen LogP contribution in [0.25, 0.3) is 0 Å². The average Bonchev–Trinajstić information content (AvgIpc) is 2.36. The molecule has 1 nitrogen and oxygen atoms in total. The van der Waals surface area contributed by atoms with Gasteiger partial charge in [-0.1, -0.05) is 39.2 Å². The van der Waals surface area contributed by atoms with Gasteiger partial charge in [0.2, 0.25) is 0 Å². The van der Waals surface area contributed by atoms with Crippen molar-refractivity contribution in [3.8, 4) is 0 Å². The molecule has 0 aromatic carbocycles. The van der Waals surface area contributed by atoms with Gasteiger partial charge in [-0.05, 0) is 61.9 Å². The highest BCUT2D eigenvalue weighted by Crippen LogP contribution is 2.47. The lowest BCUT2D eigenvalue weighted by Gasteiger charge is -2.45. The summed E-state index contributed by atoms with van der Waals surface area (Å²) in [4.78, 5) is 11.3. The molecule has 0 amide bonds. The van der Waals surface area contributed by atoms with E-state index in [1.807, 2.05) is 0 Å². The fourth-order valence-corrected chi connectivity index (χ4v) is 4.33. The van der Waals surface area contributed by atoms with Crippen molar-refractivity contribution in [1.29, 1.82) is 0 Å². The minimum absolute atomic E-state index is 0.180. The second-order valence-corrected chi connectivity index (χ2v) is 6.63. The SMILES string of the molecule is C=C(CCC1CCCC2C(C)CCCC12)C(C)=O. The Hall–Kier alpha value is -0.590. The molecule has 4 unspecified atom stereocenters. The topological polar surface area (TPSA) is 17.1 Å². The molecule has 4 atom stereocenters. The third-order valence-electron chi connectivity index (χ3n) is 5.51. The molecular weight excluding hydrogens is 220 g/mol. The smallest absolute Gasteiger partial charge is 0.155 e. The summed E-state index contributed by atoms with van der Waals surface area (Å²) in [6.45, 7) is 8.01. The van der Waals surface area contributed by atoms with E-state index in [2.05, 4.69) is 13.5 Å². The van der Waals surface area contributed by atoms with Crippen molar-refractivity contribution in [2.75, 3.05) is 0 Å². The molecule has 2 aliphatic carbocycles.